The first-order chi connectivity index (χ1) is 8.18. The number of nitrogens with one attached hydrogen (secondary N) is 1. The van der Waals surface area contributed by atoms with Crippen molar-refractivity contribution in [2.75, 3.05) is 5.32 Å². The smallest absolute Gasteiger partial charge is 0.260 e. The zero-order valence-corrected chi connectivity index (χ0v) is 8.79. The van der Waals surface area contributed by atoms with Crippen LogP contribution < -0.4 is 5.32 Å². The van der Waals surface area contributed by atoms with Gasteiger partial charge in [-0.2, -0.15) is 0 Å². The van der Waals surface area contributed by atoms with Gasteiger partial charge in [-0.15, -0.1) is 0 Å². The van der Waals surface area contributed by atoms with Gasteiger partial charge in [0.15, 0.2) is 11.6 Å². The van der Waals surface area contributed by atoms with Crippen LogP contribution in [0.1, 0.15) is 10.4 Å². The summed E-state index contributed by atoms with van der Waals surface area (Å²) in [4.78, 5) is 15.6. The lowest BCUT2D eigenvalue weighted by molar-refractivity contribution is 0.102. The lowest BCUT2D eigenvalue weighted by Crippen LogP contribution is -2.13. The van der Waals surface area contributed by atoms with Crippen LogP contribution in [-0.2, 0) is 0 Å². The van der Waals surface area contributed by atoms with Gasteiger partial charge in [0.25, 0.3) is 5.91 Å². The van der Waals surface area contributed by atoms with E-state index in [0.29, 0.717) is 0 Å². The molecule has 1 aromatic carbocycles. The maximum absolute atomic E-state index is 11.8. The number of hydrogen-bond acceptors (Lipinski definition) is 4. The molecule has 0 atom stereocenters. The molecule has 3 N–H and O–H groups in total. The molecule has 0 aliphatic heterocycles. The summed E-state index contributed by atoms with van der Waals surface area (Å²) >= 11 is 0. The zero-order valence-electron chi connectivity index (χ0n) is 8.79. The second-order valence-electron chi connectivity index (χ2n) is 3.34. The normalized spacial score (nSPS) is 9.88. The molecule has 86 valence electrons. The molecule has 5 heteroatoms. The molecule has 0 aliphatic rings. The fraction of sp³-hybridized carbons (Fsp3) is 0. The first-order valence-electron chi connectivity index (χ1n) is 4.92. The Morgan fingerprint density at radius 2 is 1.76 bits per heavy atom. The summed E-state index contributed by atoms with van der Waals surface area (Å²) in [7, 11) is 0. The maximum Gasteiger partial charge on any atom is 0.260 e. The molecule has 0 radical (unpaired) electrons. The lowest BCUT2D eigenvalue weighted by Gasteiger charge is -2.06. The highest BCUT2D eigenvalue weighted by atomic mass is 16.3. The third-order valence-corrected chi connectivity index (χ3v) is 2.17. The number of benzene rings is 1. The number of anilines is 1. The van der Waals surface area contributed by atoms with Crippen LogP contribution in [0.3, 0.4) is 0 Å². The van der Waals surface area contributed by atoms with Gasteiger partial charge in [-0.3, -0.25) is 4.79 Å². The Morgan fingerprint density at radius 3 is 2.47 bits per heavy atom. The van der Waals surface area contributed by atoms with Crippen molar-refractivity contribution in [3.05, 3.63) is 48.2 Å². The van der Waals surface area contributed by atoms with Gasteiger partial charge in [0, 0.05) is 6.20 Å². The topological polar surface area (TPSA) is 82.5 Å². The van der Waals surface area contributed by atoms with Gasteiger partial charge >= 0.3 is 0 Å². The van der Waals surface area contributed by atoms with E-state index in [9.17, 15) is 15.0 Å². The number of hydrogen-bond donors (Lipinski definition) is 3. The van der Waals surface area contributed by atoms with Gasteiger partial charge in [-0.05, 0) is 24.3 Å². The Kier molecular flexibility index (Phi) is 2.91. The molecule has 17 heavy (non-hydrogen) atoms. The molecule has 1 heterocycles. The minimum atomic E-state index is -0.530. The molecule has 0 saturated heterocycles. The Labute approximate surface area is 97.4 Å². The van der Waals surface area contributed by atoms with Crippen LogP contribution in [0.5, 0.6) is 11.5 Å². The van der Waals surface area contributed by atoms with Gasteiger partial charge < -0.3 is 15.5 Å². The summed E-state index contributed by atoms with van der Waals surface area (Å²) in [5.41, 5.74) is 0.123. The number of aromatic hydroxyl groups is 2. The average molecular weight is 230 g/mol. The van der Waals surface area contributed by atoms with E-state index >= 15 is 0 Å². The van der Waals surface area contributed by atoms with Crippen molar-refractivity contribution in [1.29, 1.82) is 0 Å². The van der Waals surface area contributed by atoms with Gasteiger partial charge in [0.1, 0.15) is 5.75 Å². The molecular formula is C12H10N2O3. The van der Waals surface area contributed by atoms with Crippen molar-refractivity contribution in [1.82, 2.24) is 4.98 Å². The fourth-order valence-electron chi connectivity index (χ4n) is 1.33. The van der Waals surface area contributed by atoms with Crippen LogP contribution in [0.2, 0.25) is 0 Å². The van der Waals surface area contributed by atoms with E-state index in [1.54, 1.807) is 18.2 Å². The first kappa shape index (κ1) is 10.9. The molecule has 1 amide bonds. The molecule has 0 fully saturated rings. The standard InChI is InChI=1S/C12H10N2O3/c15-9-5-2-1-4-8(9)12(17)14-11-10(16)6-3-7-13-11/h1-7,15-16H,(H,13,14,17). The van der Waals surface area contributed by atoms with E-state index < -0.39 is 5.91 Å². The molecule has 2 rings (SSSR count). The zero-order chi connectivity index (χ0) is 12.3. The molecule has 0 bridgehead atoms. The number of aromatic nitrogens is 1. The average Bonchev–Trinajstić information content (AvgIpc) is 2.32. The van der Waals surface area contributed by atoms with Crippen LogP contribution in [-0.4, -0.2) is 21.1 Å². The van der Waals surface area contributed by atoms with E-state index in [4.69, 9.17) is 0 Å². The highest BCUT2D eigenvalue weighted by molar-refractivity contribution is 6.06. The van der Waals surface area contributed by atoms with Crippen molar-refractivity contribution >= 4 is 11.7 Å². The van der Waals surface area contributed by atoms with Gasteiger partial charge in [0.2, 0.25) is 0 Å². The van der Waals surface area contributed by atoms with Crippen molar-refractivity contribution in [3.63, 3.8) is 0 Å². The Balaban J connectivity index is 2.24. The first-order valence-corrected chi connectivity index (χ1v) is 4.92. The summed E-state index contributed by atoms with van der Waals surface area (Å²) in [6.45, 7) is 0. The molecule has 0 aliphatic carbocycles. The predicted molar refractivity (Wildman–Crippen MR) is 62.0 cm³/mol. The van der Waals surface area contributed by atoms with Crippen LogP contribution in [0.4, 0.5) is 5.82 Å². The number of para-hydroxylation sites is 1. The van der Waals surface area contributed by atoms with Crippen LogP contribution in [0.15, 0.2) is 42.6 Å². The molecule has 0 spiro atoms. The van der Waals surface area contributed by atoms with E-state index in [2.05, 4.69) is 10.3 Å². The van der Waals surface area contributed by atoms with E-state index in [1.165, 1.54) is 24.4 Å². The lowest BCUT2D eigenvalue weighted by atomic mass is 10.2. The number of carbonyl (C=O) groups is 1. The highest BCUT2D eigenvalue weighted by Crippen LogP contribution is 2.21. The quantitative estimate of drug-likeness (QED) is 0.733. The molecular weight excluding hydrogens is 220 g/mol. The number of carbonyl (C=O) groups excluding carboxylic acids is 1. The van der Waals surface area contributed by atoms with Crippen molar-refractivity contribution in [2.24, 2.45) is 0 Å². The van der Waals surface area contributed by atoms with Crippen LogP contribution in [0.25, 0.3) is 0 Å². The Morgan fingerprint density at radius 1 is 1.06 bits per heavy atom. The minimum Gasteiger partial charge on any atom is -0.507 e. The second kappa shape index (κ2) is 4.52. The van der Waals surface area contributed by atoms with Crippen LogP contribution >= 0.6 is 0 Å². The molecule has 5 nitrogen and oxygen atoms in total. The summed E-state index contributed by atoms with van der Waals surface area (Å²) in [5.74, 6) is -0.727. The monoisotopic (exact) mass is 230 g/mol. The number of rotatable bonds is 2. The predicted octanol–water partition coefficient (Wildman–Crippen LogP) is 1.75. The summed E-state index contributed by atoms with van der Waals surface area (Å²) in [6.07, 6.45) is 1.44. The van der Waals surface area contributed by atoms with E-state index in [0.717, 1.165) is 0 Å². The van der Waals surface area contributed by atoms with E-state index in [1.807, 2.05) is 0 Å². The highest BCUT2D eigenvalue weighted by Gasteiger charge is 2.12. The molecule has 0 saturated carbocycles. The SMILES string of the molecule is O=C(Nc1ncccc1O)c1ccccc1O. The van der Waals surface area contributed by atoms with E-state index in [-0.39, 0.29) is 22.9 Å². The molecule has 1 aromatic heterocycles. The second-order valence-corrected chi connectivity index (χ2v) is 3.34. The maximum atomic E-state index is 11.8. The Hall–Kier alpha value is -2.56. The number of amides is 1. The number of nitrogens with zero attached hydrogens (tertiary/aromatic N) is 1. The number of phenolic OH excluding ortho intramolecular Hbond substituents is 1. The van der Waals surface area contributed by atoms with Gasteiger partial charge in [0.05, 0.1) is 5.56 Å². The minimum absolute atomic E-state index is 0.0563. The van der Waals surface area contributed by atoms with Crippen molar-refractivity contribution in [3.8, 4) is 11.5 Å². The number of pyridine rings is 1. The van der Waals surface area contributed by atoms with Gasteiger partial charge in [-0.25, -0.2) is 4.98 Å². The van der Waals surface area contributed by atoms with Crippen LogP contribution in [0, 0.1) is 0 Å². The molecule has 0 unspecified atom stereocenters. The summed E-state index contributed by atoms with van der Waals surface area (Å²) in [5, 5.41) is 21.3. The third-order valence-electron chi connectivity index (χ3n) is 2.17. The fourth-order valence-corrected chi connectivity index (χ4v) is 1.33. The largest absolute Gasteiger partial charge is 0.507 e. The molecule has 2 aromatic rings. The van der Waals surface area contributed by atoms with Crippen molar-refractivity contribution < 1.29 is 15.0 Å². The number of phenols is 1. The van der Waals surface area contributed by atoms with Crippen molar-refractivity contribution in [2.45, 2.75) is 0 Å². The summed E-state index contributed by atoms with van der Waals surface area (Å²) < 4.78 is 0. The third kappa shape index (κ3) is 2.34. The van der Waals surface area contributed by atoms with Gasteiger partial charge in [-0.1, -0.05) is 12.1 Å². The summed E-state index contributed by atoms with van der Waals surface area (Å²) in [6, 6.07) is 9.09. The Bertz CT molecular complexity index is 555.